The number of fused-ring (bicyclic) bond motifs is 1. The highest BCUT2D eigenvalue weighted by molar-refractivity contribution is 5.81. The first-order valence-corrected chi connectivity index (χ1v) is 6.43. The summed E-state index contributed by atoms with van der Waals surface area (Å²) in [7, 11) is 0. The zero-order valence-corrected chi connectivity index (χ0v) is 11.7. The van der Waals surface area contributed by atoms with Gasteiger partial charge in [0.1, 0.15) is 5.69 Å². The zero-order valence-electron chi connectivity index (χ0n) is 11.7. The van der Waals surface area contributed by atoms with Gasteiger partial charge in [-0.15, -0.1) is 0 Å². The van der Waals surface area contributed by atoms with Crippen molar-refractivity contribution in [2.75, 3.05) is 0 Å². The number of imidazole rings is 1. The highest BCUT2D eigenvalue weighted by Crippen LogP contribution is 2.30. The molecule has 0 radical (unpaired) electrons. The van der Waals surface area contributed by atoms with Crippen LogP contribution in [0.15, 0.2) is 30.5 Å². The molecule has 0 aliphatic heterocycles. The third kappa shape index (κ3) is 1.86. The van der Waals surface area contributed by atoms with E-state index in [4.69, 9.17) is 5.26 Å². The molecule has 2 heterocycles. The van der Waals surface area contributed by atoms with Crippen LogP contribution in [-0.4, -0.2) is 19.7 Å². The van der Waals surface area contributed by atoms with E-state index in [1.807, 2.05) is 24.3 Å². The molecular weight excluding hydrogens is 250 g/mol. The second-order valence-electron chi connectivity index (χ2n) is 5.73. The van der Waals surface area contributed by atoms with Crippen molar-refractivity contribution in [1.82, 2.24) is 19.7 Å². The van der Waals surface area contributed by atoms with Gasteiger partial charge in [0.25, 0.3) is 0 Å². The number of nitrogens with zero attached hydrogens (tertiary/aromatic N) is 4. The SMILES string of the molecule is CC(C)(C)n1c(-c2ccn[nH]2)nc2cc(C#N)ccc21. The van der Waals surface area contributed by atoms with Crippen LogP contribution in [-0.2, 0) is 5.54 Å². The molecule has 0 fully saturated rings. The molecular formula is C15H15N5. The Bertz CT molecular complexity index is 797. The van der Waals surface area contributed by atoms with Crippen molar-refractivity contribution in [1.29, 1.82) is 5.26 Å². The highest BCUT2D eigenvalue weighted by Gasteiger charge is 2.23. The van der Waals surface area contributed by atoms with Crippen LogP contribution in [0.2, 0.25) is 0 Å². The van der Waals surface area contributed by atoms with Crippen LogP contribution in [0.5, 0.6) is 0 Å². The van der Waals surface area contributed by atoms with E-state index in [-0.39, 0.29) is 5.54 Å². The fraction of sp³-hybridized carbons (Fsp3) is 0.267. The standard InChI is InChI=1S/C15H15N5/c1-15(2,3)20-13-5-4-10(9-16)8-12(13)18-14(20)11-6-7-17-19-11/h4-8H,1-3H3,(H,17,19). The Balaban J connectivity index is 2.37. The Hall–Kier alpha value is -2.61. The Labute approximate surface area is 116 Å². The summed E-state index contributed by atoms with van der Waals surface area (Å²) in [5, 5.41) is 16.0. The summed E-state index contributed by atoms with van der Waals surface area (Å²) in [6.07, 6.45) is 1.71. The highest BCUT2D eigenvalue weighted by atomic mass is 15.2. The number of nitriles is 1. The van der Waals surface area contributed by atoms with Gasteiger partial charge in [-0.3, -0.25) is 5.10 Å². The number of hydrogen-bond acceptors (Lipinski definition) is 3. The van der Waals surface area contributed by atoms with Gasteiger partial charge < -0.3 is 4.57 Å². The molecule has 0 unspecified atom stereocenters. The molecule has 0 amide bonds. The fourth-order valence-corrected chi connectivity index (χ4v) is 2.39. The molecule has 1 aromatic carbocycles. The van der Waals surface area contributed by atoms with Crippen LogP contribution < -0.4 is 0 Å². The first-order valence-electron chi connectivity index (χ1n) is 6.43. The van der Waals surface area contributed by atoms with Gasteiger partial charge in [0.15, 0.2) is 5.82 Å². The van der Waals surface area contributed by atoms with Gasteiger partial charge in [-0.25, -0.2) is 4.98 Å². The van der Waals surface area contributed by atoms with Gasteiger partial charge >= 0.3 is 0 Å². The molecule has 0 saturated heterocycles. The molecule has 0 bridgehead atoms. The Kier molecular flexibility index (Phi) is 2.61. The minimum absolute atomic E-state index is 0.122. The minimum atomic E-state index is -0.122. The predicted molar refractivity (Wildman–Crippen MR) is 77.0 cm³/mol. The predicted octanol–water partition coefficient (Wildman–Crippen LogP) is 3.05. The Morgan fingerprint density at radius 2 is 2.05 bits per heavy atom. The maximum absolute atomic E-state index is 9.02. The third-order valence-corrected chi connectivity index (χ3v) is 3.20. The van der Waals surface area contributed by atoms with E-state index in [0.29, 0.717) is 5.56 Å². The van der Waals surface area contributed by atoms with E-state index in [1.165, 1.54) is 0 Å². The summed E-state index contributed by atoms with van der Waals surface area (Å²) < 4.78 is 2.16. The normalized spacial score (nSPS) is 11.7. The molecule has 0 aliphatic carbocycles. The molecule has 100 valence electrons. The number of rotatable bonds is 1. The summed E-state index contributed by atoms with van der Waals surface area (Å²) in [5.41, 5.74) is 3.20. The zero-order chi connectivity index (χ0) is 14.3. The van der Waals surface area contributed by atoms with Crippen LogP contribution in [0.1, 0.15) is 26.3 Å². The lowest BCUT2D eigenvalue weighted by atomic mass is 10.1. The molecule has 0 saturated carbocycles. The van der Waals surface area contributed by atoms with Crippen LogP contribution >= 0.6 is 0 Å². The third-order valence-electron chi connectivity index (χ3n) is 3.20. The monoisotopic (exact) mass is 265 g/mol. The van der Waals surface area contributed by atoms with Crippen molar-refractivity contribution < 1.29 is 0 Å². The topological polar surface area (TPSA) is 70.3 Å². The Morgan fingerprint density at radius 1 is 1.25 bits per heavy atom. The second-order valence-corrected chi connectivity index (χ2v) is 5.73. The van der Waals surface area contributed by atoms with Gasteiger partial charge in [-0.05, 0) is 45.0 Å². The molecule has 5 heteroatoms. The quantitative estimate of drug-likeness (QED) is 0.735. The van der Waals surface area contributed by atoms with Crippen LogP contribution in [0.4, 0.5) is 0 Å². The van der Waals surface area contributed by atoms with Crippen molar-refractivity contribution >= 4 is 11.0 Å². The smallest absolute Gasteiger partial charge is 0.159 e. The molecule has 1 N–H and O–H groups in total. The van der Waals surface area contributed by atoms with Crippen molar-refractivity contribution in [2.24, 2.45) is 0 Å². The lowest BCUT2D eigenvalue weighted by Gasteiger charge is -2.24. The van der Waals surface area contributed by atoms with Gasteiger partial charge in [0.2, 0.25) is 0 Å². The molecule has 0 spiro atoms. The van der Waals surface area contributed by atoms with Crippen molar-refractivity contribution in [3.8, 4) is 17.6 Å². The van der Waals surface area contributed by atoms with Gasteiger partial charge in [0.05, 0.1) is 22.7 Å². The summed E-state index contributed by atoms with van der Waals surface area (Å²) in [4.78, 5) is 4.67. The van der Waals surface area contributed by atoms with Crippen LogP contribution in [0, 0.1) is 11.3 Å². The average molecular weight is 265 g/mol. The number of aromatic amines is 1. The van der Waals surface area contributed by atoms with E-state index in [9.17, 15) is 0 Å². The van der Waals surface area contributed by atoms with Gasteiger partial charge in [-0.1, -0.05) is 0 Å². The summed E-state index contributed by atoms with van der Waals surface area (Å²) >= 11 is 0. The van der Waals surface area contributed by atoms with Gasteiger partial charge in [0, 0.05) is 11.7 Å². The summed E-state index contributed by atoms with van der Waals surface area (Å²) in [6.45, 7) is 6.39. The van der Waals surface area contributed by atoms with Gasteiger partial charge in [-0.2, -0.15) is 10.4 Å². The first kappa shape index (κ1) is 12.4. The lowest BCUT2D eigenvalue weighted by Crippen LogP contribution is -2.22. The number of aromatic nitrogens is 4. The molecule has 20 heavy (non-hydrogen) atoms. The Morgan fingerprint density at radius 3 is 2.65 bits per heavy atom. The number of H-pyrrole nitrogens is 1. The molecule has 3 aromatic rings. The van der Waals surface area contributed by atoms with Crippen molar-refractivity contribution in [2.45, 2.75) is 26.3 Å². The first-order chi connectivity index (χ1) is 9.50. The maximum Gasteiger partial charge on any atom is 0.159 e. The number of hydrogen-bond donors (Lipinski definition) is 1. The molecule has 5 nitrogen and oxygen atoms in total. The van der Waals surface area contributed by atoms with Crippen molar-refractivity contribution in [3.63, 3.8) is 0 Å². The fourth-order valence-electron chi connectivity index (χ4n) is 2.39. The van der Waals surface area contributed by atoms with Crippen molar-refractivity contribution in [3.05, 3.63) is 36.0 Å². The molecule has 0 atom stereocenters. The van der Waals surface area contributed by atoms with Crippen LogP contribution in [0.3, 0.4) is 0 Å². The number of benzene rings is 1. The number of nitrogens with one attached hydrogen (secondary N) is 1. The van der Waals surface area contributed by atoms with E-state index >= 15 is 0 Å². The molecule has 0 aliphatic rings. The van der Waals surface area contributed by atoms with E-state index in [1.54, 1.807) is 6.20 Å². The van der Waals surface area contributed by atoms with E-state index in [0.717, 1.165) is 22.6 Å². The molecule has 3 rings (SSSR count). The minimum Gasteiger partial charge on any atom is -0.317 e. The van der Waals surface area contributed by atoms with Crippen LogP contribution in [0.25, 0.3) is 22.6 Å². The average Bonchev–Trinajstić information content (AvgIpc) is 3.03. The lowest BCUT2D eigenvalue weighted by molar-refractivity contribution is 0.412. The molecule has 2 aromatic heterocycles. The summed E-state index contributed by atoms with van der Waals surface area (Å²) in [5.74, 6) is 0.833. The van der Waals surface area contributed by atoms with E-state index in [2.05, 4.69) is 46.6 Å². The largest absolute Gasteiger partial charge is 0.317 e. The summed E-state index contributed by atoms with van der Waals surface area (Å²) in [6, 6.07) is 9.64. The second kappa shape index (κ2) is 4.20. The maximum atomic E-state index is 9.02. The van der Waals surface area contributed by atoms with E-state index < -0.39 is 0 Å².